The molecule has 166 valence electrons. The number of para-hydroxylation sites is 1. The van der Waals surface area contributed by atoms with Crippen molar-refractivity contribution in [3.05, 3.63) is 78.6 Å². The minimum absolute atomic E-state index is 0.121. The Kier molecular flexibility index (Phi) is 5.35. The number of β-amino-alcohol motifs (C(OH)–C–C–N with tert-alkyl or cyclic N) is 1. The summed E-state index contributed by atoms with van der Waals surface area (Å²) in [5.41, 5.74) is 2.12. The van der Waals surface area contributed by atoms with Gasteiger partial charge in [0.2, 0.25) is 5.95 Å². The molecule has 2 N–H and O–H groups in total. The summed E-state index contributed by atoms with van der Waals surface area (Å²) < 4.78 is 18.9. The number of hydrogen-bond acceptors (Lipinski definition) is 6. The van der Waals surface area contributed by atoms with E-state index in [0.717, 1.165) is 10.9 Å². The summed E-state index contributed by atoms with van der Waals surface area (Å²) in [7, 11) is 0. The highest BCUT2D eigenvalue weighted by atomic mass is 19.1. The van der Waals surface area contributed by atoms with E-state index in [1.807, 2.05) is 36.4 Å². The number of fused-ring (bicyclic) bond motifs is 1. The molecule has 8 heteroatoms. The summed E-state index contributed by atoms with van der Waals surface area (Å²) >= 11 is 0. The molecule has 1 aliphatic rings. The third-order valence-electron chi connectivity index (χ3n) is 5.59. The number of anilines is 1. The Morgan fingerprint density at radius 1 is 0.970 bits per heavy atom. The fourth-order valence-electron chi connectivity index (χ4n) is 4.00. The number of rotatable bonds is 5. The lowest BCUT2D eigenvalue weighted by Crippen LogP contribution is -2.37. The van der Waals surface area contributed by atoms with Crippen LogP contribution in [0.2, 0.25) is 0 Å². The minimum Gasteiger partial charge on any atom is -0.480 e. The van der Waals surface area contributed by atoms with Crippen LogP contribution in [0.15, 0.2) is 72.8 Å². The van der Waals surface area contributed by atoms with Crippen molar-refractivity contribution in [2.24, 2.45) is 0 Å². The predicted molar refractivity (Wildman–Crippen MR) is 121 cm³/mol. The highest BCUT2D eigenvalue weighted by molar-refractivity contribution is 5.93. The number of aliphatic carboxylic acids is 1. The number of halogens is 1. The number of benzene rings is 3. The van der Waals surface area contributed by atoms with Crippen LogP contribution < -0.4 is 9.64 Å². The molecular formula is C25H20FN3O4. The molecule has 1 aromatic heterocycles. The summed E-state index contributed by atoms with van der Waals surface area (Å²) in [4.78, 5) is 22.5. The van der Waals surface area contributed by atoms with Gasteiger partial charge >= 0.3 is 5.97 Å². The molecular weight excluding hydrogens is 425 g/mol. The van der Waals surface area contributed by atoms with Gasteiger partial charge in [0.15, 0.2) is 0 Å². The van der Waals surface area contributed by atoms with E-state index in [0.29, 0.717) is 22.7 Å². The Hall–Kier alpha value is -4.04. The SMILES string of the molecule is O=C(O)[C@@H]1C[C@@H](O)CN1c1nc(-c2ccc(Oc3ccc(F)cc3)cc2)c2ccccc2n1. The number of carboxylic acid groups (broad SMARTS) is 1. The first kappa shape index (κ1) is 20.8. The molecule has 0 spiro atoms. The van der Waals surface area contributed by atoms with Crippen molar-refractivity contribution in [1.29, 1.82) is 0 Å². The van der Waals surface area contributed by atoms with E-state index >= 15 is 0 Å². The van der Waals surface area contributed by atoms with E-state index in [4.69, 9.17) is 9.72 Å². The molecule has 3 aromatic carbocycles. The van der Waals surface area contributed by atoms with E-state index in [-0.39, 0.29) is 24.7 Å². The fraction of sp³-hybridized carbons (Fsp3) is 0.160. The van der Waals surface area contributed by atoms with Crippen LogP contribution in [0.25, 0.3) is 22.2 Å². The van der Waals surface area contributed by atoms with Gasteiger partial charge < -0.3 is 19.8 Å². The monoisotopic (exact) mass is 445 g/mol. The normalized spacial score (nSPS) is 17.9. The van der Waals surface area contributed by atoms with Crippen molar-refractivity contribution in [1.82, 2.24) is 9.97 Å². The van der Waals surface area contributed by atoms with Crippen molar-refractivity contribution in [3.63, 3.8) is 0 Å². The summed E-state index contributed by atoms with van der Waals surface area (Å²) in [5.74, 6) is 0.00928. The Morgan fingerprint density at radius 2 is 1.64 bits per heavy atom. The van der Waals surface area contributed by atoms with Gasteiger partial charge in [-0.15, -0.1) is 0 Å². The van der Waals surface area contributed by atoms with Crippen LogP contribution in [0.3, 0.4) is 0 Å². The van der Waals surface area contributed by atoms with Crippen LogP contribution in [0.4, 0.5) is 10.3 Å². The largest absolute Gasteiger partial charge is 0.480 e. The molecule has 2 atom stereocenters. The number of aliphatic hydroxyl groups excluding tert-OH is 1. The van der Waals surface area contributed by atoms with Crippen molar-refractivity contribution in [2.45, 2.75) is 18.6 Å². The standard InChI is InChI=1S/C25H20FN3O4/c26-16-7-11-19(12-8-16)33-18-9-5-15(6-10-18)23-20-3-1-2-4-21(20)27-25(28-23)29-14-17(30)13-22(29)24(31)32/h1-12,17,22,30H,13-14H2,(H,31,32)/t17-,22+/m1/s1. The first-order valence-corrected chi connectivity index (χ1v) is 10.5. The maximum atomic E-state index is 13.1. The van der Waals surface area contributed by atoms with Crippen molar-refractivity contribution < 1.29 is 24.1 Å². The molecule has 0 amide bonds. The molecule has 7 nitrogen and oxygen atoms in total. The topological polar surface area (TPSA) is 95.8 Å². The lowest BCUT2D eigenvalue weighted by Gasteiger charge is -2.22. The zero-order chi connectivity index (χ0) is 22.9. The quantitative estimate of drug-likeness (QED) is 0.474. The van der Waals surface area contributed by atoms with E-state index in [2.05, 4.69) is 4.98 Å². The van der Waals surface area contributed by atoms with E-state index in [1.165, 1.54) is 17.0 Å². The highest BCUT2D eigenvalue weighted by Gasteiger charge is 2.38. The second-order valence-electron chi connectivity index (χ2n) is 7.87. The van der Waals surface area contributed by atoms with Gasteiger partial charge in [0.25, 0.3) is 0 Å². The molecule has 0 radical (unpaired) electrons. The number of aromatic nitrogens is 2. The molecule has 2 heterocycles. The van der Waals surface area contributed by atoms with E-state index < -0.39 is 18.1 Å². The number of carboxylic acids is 1. The Labute approximate surface area is 188 Å². The van der Waals surface area contributed by atoms with Gasteiger partial charge in [-0.1, -0.05) is 18.2 Å². The smallest absolute Gasteiger partial charge is 0.326 e. The van der Waals surface area contributed by atoms with Gasteiger partial charge in [-0.05, 0) is 54.6 Å². The van der Waals surface area contributed by atoms with Gasteiger partial charge in [-0.2, -0.15) is 0 Å². The maximum absolute atomic E-state index is 13.1. The number of hydrogen-bond donors (Lipinski definition) is 2. The molecule has 0 bridgehead atoms. The van der Waals surface area contributed by atoms with Gasteiger partial charge in [0, 0.05) is 23.9 Å². The highest BCUT2D eigenvalue weighted by Crippen LogP contribution is 2.32. The minimum atomic E-state index is -1.02. The van der Waals surface area contributed by atoms with Crippen LogP contribution in [0.1, 0.15) is 6.42 Å². The van der Waals surface area contributed by atoms with Crippen LogP contribution >= 0.6 is 0 Å². The van der Waals surface area contributed by atoms with Crippen LogP contribution in [0.5, 0.6) is 11.5 Å². The van der Waals surface area contributed by atoms with Crippen LogP contribution in [-0.2, 0) is 4.79 Å². The first-order valence-electron chi connectivity index (χ1n) is 10.5. The van der Waals surface area contributed by atoms with Crippen LogP contribution in [-0.4, -0.2) is 44.8 Å². The molecule has 1 aliphatic heterocycles. The summed E-state index contributed by atoms with van der Waals surface area (Å²) in [6, 6.07) is 19.7. The molecule has 33 heavy (non-hydrogen) atoms. The maximum Gasteiger partial charge on any atom is 0.326 e. The third-order valence-corrected chi connectivity index (χ3v) is 5.59. The van der Waals surface area contributed by atoms with Gasteiger partial charge in [-0.3, -0.25) is 0 Å². The van der Waals surface area contributed by atoms with Gasteiger partial charge in [-0.25, -0.2) is 19.2 Å². The summed E-state index contributed by atoms with van der Waals surface area (Å²) in [6.45, 7) is 0.152. The molecule has 0 saturated carbocycles. The predicted octanol–water partition coefficient (Wildman–Crippen LogP) is 4.25. The zero-order valence-electron chi connectivity index (χ0n) is 17.4. The Bertz CT molecular complexity index is 1310. The molecule has 0 aliphatic carbocycles. The van der Waals surface area contributed by atoms with Gasteiger partial charge in [0.05, 0.1) is 17.3 Å². The zero-order valence-corrected chi connectivity index (χ0v) is 17.4. The molecule has 5 rings (SSSR count). The average molecular weight is 445 g/mol. The average Bonchev–Trinajstić information content (AvgIpc) is 3.22. The van der Waals surface area contributed by atoms with Crippen molar-refractivity contribution >= 4 is 22.8 Å². The summed E-state index contributed by atoms with van der Waals surface area (Å²) in [6.07, 6.45) is -0.636. The molecule has 1 fully saturated rings. The Balaban J connectivity index is 1.52. The molecule has 4 aromatic rings. The van der Waals surface area contributed by atoms with Crippen LogP contribution in [0, 0.1) is 5.82 Å². The second kappa shape index (κ2) is 8.48. The third kappa shape index (κ3) is 4.20. The van der Waals surface area contributed by atoms with E-state index in [9.17, 15) is 19.4 Å². The lowest BCUT2D eigenvalue weighted by atomic mass is 10.1. The number of aliphatic hydroxyl groups is 1. The molecule has 1 saturated heterocycles. The molecule has 0 unspecified atom stereocenters. The second-order valence-corrected chi connectivity index (χ2v) is 7.87. The van der Waals surface area contributed by atoms with Gasteiger partial charge in [0.1, 0.15) is 23.4 Å². The Morgan fingerprint density at radius 3 is 2.33 bits per heavy atom. The number of ether oxygens (including phenoxy) is 1. The lowest BCUT2D eigenvalue weighted by molar-refractivity contribution is -0.138. The van der Waals surface area contributed by atoms with Crippen molar-refractivity contribution in [3.8, 4) is 22.8 Å². The summed E-state index contributed by atoms with van der Waals surface area (Å²) in [5, 5.41) is 20.5. The number of carbonyl (C=O) groups is 1. The first-order chi connectivity index (χ1) is 16.0. The fourth-order valence-corrected chi connectivity index (χ4v) is 4.00. The number of nitrogens with zero attached hydrogens (tertiary/aromatic N) is 3. The van der Waals surface area contributed by atoms with E-state index in [1.54, 1.807) is 24.3 Å². The van der Waals surface area contributed by atoms with Crippen molar-refractivity contribution in [2.75, 3.05) is 11.4 Å².